The van der Waals surface area contributed by atoms with Gasteiger partial charge >= 0.3 is 0 Å². The van der Waals surface area contributed by atoms with Gasteiger partial charge in [-0.1, -0.05) is 12.1 Å². The normalized spacial score (nSPS) is 21.0. The maximum absolute atomic E-state index is 12.8. The lowest BCUT2D eigenvalue weighted by atomic mass is 9.97. The highest BCUT2D eigenvalue weighted by molar-refractivity contribution is 7.86. The van der Waals surface area contributed by atoms with Gasteiger partial charge in [-0.25, -0.2) is 0 Å². The van der Waals surface area contributed by atoms with E-state index in [1.165, 1.54) is 22.7 Å². The van der Waals surface area contributed by atoms with Gasteiger partial charge in [-0.05, 0) is 37.8 Å². The molecule has 1 atom stereocenters. The van der Waals surface area contributed by atoms with Crippen molar-refractivity contribution in [2.75, 3.05) is 45.7 Å². The molecular weight excluding hydrogens is 408 g/mol. The third kappa shape index (κ3) is 5.37. The van der Waals surface area contributed by atoms with Crippen molar-refractivity contribution >= 4 is 27.7 Å². The van der Waals surface area contributed by atoms with E-state index in [0.29, 0.717) is 43.7 Å². The summed E-state index contributed by atoms with van der Waals surface area (Å²) in [6, 6.07) is 6.89. The summed E-state index contributed by atoms with van der Waals surface area (Å²) in [6.07, 6.45) is 2.85. The van der Waals surface area contributed by atoms with E-state index in [2.05, 4.69) is 10.6 Å². The van der Waals surface area contributed by atoms with Crippen molar-refractivity contribution in [1.29, 1.82) is 0 Å². The molecule has 0 saturated carbocycles. The third-order valence-corrected chi connectivity index (χ3v) is 7.50. The second kappa shape index (κ2) is 9.86. The highest BCUT2D eigenvalue weighted by Gasteiger charge is 2.32. The van der Waals surface area contributed by atoms with Crippen LogP contribution in [0.1, 0.15) is 36.0 Å². The number of carbonyl (C=O) groups is 2. The number of piperidine rings is 1. The predicted octanol–water partition coefficient (Wildman–Crippen LogP) is 1.05. The molecule has 2 fully saturated rings. The van der Waals surface area contributed by atoms with E-state index >= 15 is 0 Å². The fourth-order valence-electron chi connectivity index (χ4n) is 3.71. The minimum absolute atomic E-state index is 0.0410. The number of rotatable bonds is 7. The second-order valence-corrected chi connectivity index (χ2v) is 9.99. The first kappa shape index (κ1) is 22.7. The van der Waals surface area contributed by atoms with Crippen molar-refractivity contribution in [1.82, 2.24) is 13.9 Å². The van der Waals surface area contributed by atoms with Crippen LogP contribution in [0.15, 0.2) is 24.3 Å². The van der Waals surface area contributed by atoms with E-state index in [4.69, 9.17) is 4.74 Å². The van der Waals surface area contributed by atoms with Gasteiger partial charge in [0.25, 0.3) is 16.1 Å². The smallest absolute Gasteiger partial charge is 0.281 e. The molecular formula is C20H30N4O5S. The summed E-state index contributed by atoms with van der Waals surface area (Å²) in [5.74, 6) is -0.758. The van der Waals surface area contributed by atoms with E-state index in [0.717, 1.165) is 19.4 Å². The number of hydrogen-bond donors (Lipinski definition) is 2. The number of nitrogens with one attached hydrogen (secondary N) is 2. The number of benzene rings is 1. The summed E-state index contributed by atoms with van der Waals surface area (Å²) in [7, 11) is -0.478. The number of amides is 2. The minimum atomic E-state index is -3.47. The van der Waals surface area contributed by atoms with Gasteiger partial charge in [0.1, 0.15) is 0 Å². The van der Waals surface area contributed by atoms with Crippen LogP contribution in [-0.4, -0.2) is 75.3 Å². The maximum Gasteiger partial charge on any atom is 0.281 e. The van der Waals surface area contributed by atoms with Crippen LogP contribution in [0, 0.1) is 5.92 Å². The Morgan fingerprint density at radius 2 is 1.87 bits per heavy atom. The Morgan fingerprint density at radius 1 is 1.17 bits per heavy atom. The van der Waals surface area contributed by atoms with Crippen LogP contribution in [0.2, 0.25) is 0 Å². The number of nitrogens with zero attached hydrogens (tertiary/aromatic N) is 2. The van der Waals surface area contributed by atoms with Gasteiger partial charge in [0.15, 0.2) is 0 Å². The first-order valence-corrected chi connectivity index (χ1v) is 11.7. The highest BCUT2D eigenvalue weighted by Crippen LogP contribution is 2.23. The molecule has 9 nitrogen and oxygen atoms in total. The predicted molar refractivity (Wildman–Crippen MR) is 113 cm³/mol. The lowest BCUT2D eigenvalue weighted by Gasteiger charge is -2.32. The number of para-hydroxylation sites is 1. The molecule has 0 radical (unpaired) electrons. The topological polar surface area (TPSA) is 108 Å². The summed E-state index contributed by atoms with van der Waals surface area (Å²) in [5, 5.41) is 5.73. The first-order chi connectivity index (χ1) is 14.3. The van der Waals surface area contributed by atoms with Gasteiger partial charge in [-0.15, -0.1) is 0 Å². The lowest BCUT2D eigenvalue weighted by molar-refractivity contribution is -0.120. The standard InChI is InChI=1S/C20H30N4O5S/c1-23(2)30(27,28)24-11-9-15(10-12-24)19(25)22-18-8-4-3-7-17(18)20(26)21-14-16-6-5-13-29-16/h3-4,7-8,15-16H,5-6,9-14H2,1-2H3,(H,21,26)(H,22,25). The molecule has 2 amide bonds. The van der Waals surface area contributed by atoms with Crippen LogP contribution >= 0.6 is 0 Å². The van der Waals surface area contributed by atoms with Crippen LogP contribution in [0.4, 0.5) is 5.69 Å². The Kier molecular flexibility index (Phi) is 7.45. The number of carbonyl (C=O) groups excluding carboxylic acids is 2. The summed E-state index contributed by atoms with van der Waals surface area (Å²) >= 11 is 0. The molecule has 0 aromatic heterocycles. The summed E-state index contributed by atoms with van der Waals surface area (Å²) in [6.45, 7) is 1.76. The molecule has 166 valence electrons. The maximum atomic E-state index is 12.8. The zero-order valence-corrected chi connectivity index (χ0v) is 18.3. The van der Waals surface area contributed by atoms with Crippen molar-refractivity contribution in [3.8, 4) is 0 Å². The van der Waals surface area contributed by atoms with E-state index in [9.17, 15) is 18.0 Å². The van der Waals surface area contributed by atoms with Gasteiger partial charge in [-0.3, -0.25) is 9.59 Å². The molecule has 0 bridgehead atoms. The minimum Gasteiger partial charge on any atom is -0.376 e. The molecule has 2 N–H and O–H groups in total. The number of hydrogen-bond acceptors (Lipinski definition) is 5. The third-order valence-electron chi connectivity index (χ3n) is 5.56. The fraction of sp³-hybridized carbons (Fsp3) is 0.600. The number of ether oxygens (including phenoxy) is 1. The SMILES string of the molecule is CN(C)S(=O)(=O)N1CCC(C(=O)Nc2ccccc2C(=O)NCC2CCCO2)CC1. The van der Waals surface area contributed by atoms with Crippen molar-refractivity contribution in [2.24, 2.45) is 5.92 Å². The van der Waals surface area contributed by atoms with Crippen LogP contribution in [0.25, 0.3) is 0 Å². The molecule has 10 heteroatoms. The molecule has 0 aliphatic carbocycles. The summed E-state index contributed by atoms with van der Waals surface area (Å²) in [4.78, 5) is 25.4. The Labute approximate surface area is 177 Å². The molecule has 2 saturated heterocycles. The Morgan fingerprint density at radius 3 is 2.50 bits per heavy atom. The molecule has 1 aromatic rings. The first-order valence-electron chi connectivity index (χ1n) is 10.3. The molecule has 1 aromatic carbocycles. The van der Waals surface area contributed by atoms with E-state index in [1.807, 2.05) is 0 Å². The van der Waals surface area contributed by atoms with Crippen molar-refractivity contribution in [2.45, 2.75) is 31.8 Å². The van der Waals surface area contributed by atoms with E-state index < -0.39 is 10.2 Å². The van der Waals surface area contributed by atoms with Gasteiger partial charge in [0, 0.05) is 46.3 Å². The zero-order valence-electron chi connectivity index (χ0n) is 17.5. The van der Waals surface area contributed by atoms with Crippen LogP contribution < -0.4 is 10.6 Å². The van der Waals surface area contributed by atoms with Gasteiger partial charge in [0.05, 0.1) is 17.4 Å². The molecule has 3 rings (SSSR count). The lowest BCUT2D eigenvalue weighted by Crippen LogP contribution is -2.46. The van der Waals surface area contributed by atoms with Crippen LogP contribution in [0.5, 0.6) is 0 Å². The Balaban J connectivity index is 1.57. The molecule has 0 spiro atoms. The van der Waals surface area contributed by atoms with Crippen molar-refractivity contribution in [3.05, 3.63) is 29.8 Å². The average Bonchev–Trinajstić information content (AvgIpc) is 3.26. The molecule has 30 heavy (non-hydrogen) atoms. The summed E-state index contributed by atoms with van der Waals surface area (Å²) < 4.78 is 32.6. The largest absolute Gasteiger partial charge is 0.376 e. The van der Waals surface area contributed by atoms with Crippen LogP contribution in [0.3, 0.4) is 0 Å². The van der Waals surface area contributed by atoms with Gasteiger partial charge in [0.2, 0.25) is 5.91 Å². The molecule has 2 heterocycles. The molecule has 1 unspecified atom stereocenters. The average molecular weight is 439 g/mol. The Bertz CT molecular complexity index is 860. The van der Waals surface area contributed by atoms with Gasteiger partial charge in [-0.2, -0.15) is 17.0 Å². The Hall–Kier alpha value is -2.01. The molecule has 2 aliphatic rings. The zero-order chi connectivity index (χ0) is 21.7. The van der Waals surface area contributed by atoms with E-state index in [-0.39, 0.29) is 23.8 Å². The van der Waals surface area contributed by atoms with E-state index in [1.54, 1.807) is 24.3 Å². The number of anilines is 1. The summed E-state index contributed by atoms with van der Waals surface area (Å²) in [5.41, 5.74) is 0.854. The van der Waals surface area contributed by atoms with Gasteiger partial charge < -0.3 is 15.4 Å². The highest BCUT2D eigenvalue weighted by atomic mass is 32.2. The quantitative estimate of drug-likeness (QED) is 0.662. The second-order valence-electron chi connectivity index (χ2n) is 7.84. The van der Waals surface area contributed by atoms with Crippen LogP contribution in [-0.2, 0) is 19.7 Å². The molecule has 2 aliphatic heterocycles. The van der Waals surface area contributed by atoms with Crippen molar-refractivity contribution < 1.29 is 22.7 Å². The van der Waals surface area contributed by atoms with Crippen molar-refractivity contribution in [3.63, 3.8) is 0 Å². The fourth-order valence-corrected chi connectivity index (χ4v) is 4.85. The monoisotopic (exact) mass is 438 g/mol.